The summed E-state index contributed by atoms with van der Waals surface area (Å²) in [5.41, 5.74) is 1.25. The number of benzene rings is 2. The number of imidazole rings is 1. The number of hydrogen-bond acceptors (Lipinski definition) is 4. The van der Waals surface area contributed by atoms with Gasteiger partial charge in [0.2, 0.25) is 0 Å². The summed E-state index contributed by atoms with van der Waals surface area (Å²) in [5.74, 6) is 0. The average Bonchev–Trinajstić information content (AvgIpc) is 3.41. The van der Waals surface area contributed by atoms with Gasteiger partial charge in [0.25, 0.3) is 0 Å². The Kier molecular flexibility index (Phi) is 26.9. The van der Waals surface area contributed by atoms with Gasteiger partial charge in [0.1, 0.15) is 12.0 Å². The maximum atomic E-state index is 11.5. The largest absolute Gasteiger partial charge is 0.331 e. The van der Waals surface area contributed by atoms with E-state index in [-0.39, 0.29) is 6.03 Å². The van der Waals surface area contributed by atoms with Gasteiger partial charge in [0.05, 0.1) is 0 Å². The molecule has 1 N–H and O–H groups in total. The molecular formula is C24H38N4O2. The van der Waals surface area contributed by atoms with Crippen LogP contribution in [-0.2, 0) is 0 Å². The lowest BCUT2D eigenvalue weighted by Gasteiger charge is -2.03. The fourth-order valence-corrected chi connectivity index (χ4v) is 1.58. The minimum atomic E-state index is -0.214. The molecule has 0 atom stereocenters. The zero-order valence-electron chi connectivity index (χ0n) is 19.7. The molecule has 0 saturated carbocycles. The van der Waals surface area contributed by atoms with Crippen molar-refractivity contribution >= 4 is 17.4 Å². The predicted octanol–water partition coefficient (Wildman–Crippen LogP) is 8.15. The highest BCUT2D eigenvalue weighted by Gasteiger charge is 2.02. The molecule has 0 aliphatic heterocycles. The molecule has 2 aromatic carbocycles. The van der Waals surface area contributed by atoms with Gasteiger partial charge in [-0.25, -0.2) is 9.78 Å². The Morgan fingerprint density at radius 3 is 1.63 bits per heavy atom. The maximum absolute atomic E-state index is 11.5. The van der Waals surface area contributed by atoms with Crippen LogP contribution in [0.15, 0.2) is 84.6 Å². The van der Waals surface area contributed by atoms with Gasteiger partial charge in [-0.15, -0.1) is 4.91 Å². The Morgan fingerprint density at radius 2 is 1.27 bits per heavy atom. The number of anilines is 1. The molecule has 6 heteroatoms. The van der Waals surface area contributed by atoms with Crippen LogP contribution in [0.25, 0.3) is 0 Å². The van der Waals surface area contributed by atoms with Gasteiger partial charge in [-0.05, 0) is 29.4 Å². The standard InChI is InChI=1S/C10H9N3O.C6H5NO.4C2H6/c14-10(13-7-6-11-8-13)12-9-4-2-1-3-5-9;8-7-6-4-2-1-3-5-6;4*1-2/h1-8H,(H,12,14);1-5H;4*1-2H3. The predicted molar refractivity (Wildman–Crippen MR) is 130 cm³/mol. The van der Waals surface area contributed by atoms with Gasteiger partial charge < -0.3 is 5.32 Å². The number of carbonyl (C=O) groups excluding carboxylic acids is 1. The lowest BCUT2D eigenvalue weighted by atomic mass is 10.3. The topological polar surface area (TPSA) is 76.3 Å². The molecule has 1 aromatic heterocycles. The number of para-hydroxylation sites is 1. The Labute approximate surface area is 182 Å². The number of nitroso groups, excluding NO2 is 1. The maximum Gasteiger partial charge on any atom is 0.331 e. The van der Waals surface area contributed by atoms with Crippen LogP contribution in [0.5, 0.6) is 0 Å². The molecule has 1 amide bonds. The molecule has 0 bridgehead atoms. The third-order valence-corrected chi connectivity index (χ3v) is 2.63. The summed E-state index contributed by atoms with van der Waals surface area (Å²) in [6.07, 6.45) is 4.61. The van der Waals surface area contributed by atoms with Crippen LogP contribution in [0.3, 0.4) is 0 Å². The van der Waals surface area contributed by atoms with Crippen LogP contribution in [0.1, 0.15) is 55.4 Å². The van der Waals surface area contributed by atoms with E-state index in [1.165, 1.54) is 10.9 Å². The van der Waals surface area contributed by atoms with E-state index < -0.39 is 0 Å². The van der Waals surface area contributed by atoms with Crippen molar-refractivity contribution in [2.24, 2.45) is 5.18 Å². The van der Waals surface area contributed by atoms with Crippen LogP contribution in [0, 0.1) is 4.91 Å². The minimum absolute atomic E-state index is 0.214. The second-order valence-corrected chi connectivity index (χ2v) is 4.19. The first-order chi connectivity index (χ1) is 14.8. The van der Waals surface area contributed by atoms with E-state index in [9.17, 15) is 9.70 Å². The lowest BCUT2D eigenvalue weighted by molar-refractivity contribution is 0.253. The fourth-order valence-electron chi connectivity index (χ4n) is 1.58. The van der Waals surface area contributed by atoms with Gasteiger partial charge >= 0.3 is 6.03 Å². The van der Waals surface area contributed by atoms with Crippen LogP contribution >= 0.6 is 0 Å². The summed E-state index contributed by atoms with van der Waals surface area (Å²) >= 11 is 0. The molecule has 0 unspecified atom stereocenters. The Balaban J connectivity index is -0.000000390. The number of aromatic nitrogens is 2. The lowest BCUT2D eigenvalue weighted by Crippen LogP contribution is -2.17. The van der Waals surface area contributed by atoms with Crippen LogP contribution < -0.4 is 5.32 Å². The number of carbonyl (C=O) groups is 1. The molecule has 166 valence electrons. The molecule has 0 spiro atoms. The monoisotopic (exact) mass is 414 g/mol. The van der Waals surface area contributed by atoms with E-state index in [1.807, 2.05) is 91.8 Å². The molecule has 30 heavy (non-hydrogen) atoms. The summed E-state index contributed by atoms with van der Waals surface area (Å²) < 4.78 is 1.38. The van der Waals surface area contributed by atoms with Gasteiger partial charge in [0, 0.05) is 18.1 Å². The number of amides is 1. The number of nitrogens with zero attached hydrogens (tertiary/aromatic N) is 3. The van der Waals surface area contributed by atoms with Gasteiger partial charge in [-0.1, -0.05) is 91.8 Å². The molecule has 6 nitrogen and oxygen atoms in total. The molecular weight excluding hydrogens is 376 g/mol. The van der Waals surface area contributed by atoms with Gasteiger partial charge in [-0.3, -0.25) is 4.57 Å². The Hall–Kier alpha value is -3.28. The molecule has 3 rings (SSSR count). The number of rotatable bonds is 2. The highest BCUT2D eigenvalue weighted by molar-refractivity contribution is 5.90. The van der Waals surface area contributed by atoms with E-state index in [1.54, 1.807) is 36.7 Å². The van der Waals surface area contributed by atoms with Crippen LogP contribution in [-0.4, -0.2) is 15.6 Å². The molecule has 0 radical (unpaired) electrons. The first-order valence-corrected chi connectivity index (χ1v) is 10.5. The zero-order chi connectivity index (χ0) is 23.6. The van der Waals surface area contributed by atoms with Gasteiger partial charge in [0.15, 0.2) is 0 Å². The van der Waals surface area contributed by atoms with Crippen molar-refractivity contribution in [3.8, 4) is 0 Å². The van der Waals surface area contributed by atoms with Crippen molar-refractivity contribution in [1.29, 1.82) is 0 Å². The quantitative estimate of drug-likeness (QED) is 0.430. The normalized spacial score (nSPS) is 7.60. The summed E-state index contributed by atoms with van der Waals surface area (Å²) in [7, 11) is 0. The average molecular weight is 415 g/mol. The number of hydrogen-bond donors (Lipinski definition) is 1. The van der Waals surface area contributed by atoms with Crippen LogP contribution in [0.4, 0.5) is 16.2 Å². The Bertz CT molecular complexity index is 701. The summed E-state index contributed by atoms with van der Waals surface area (Å²) in [6.45, 7) is 16.0. The van der Waals surface area contributed by atoms with Crippen LogP contribution in [0.2, 0.25) is 0 Å². The highest BCUT2D eigenvalue weighted by atomic mass is 16.3. The third kappa shape index (κ3) is 15.7. The summed E-state index contributed by atoms with van der Waals surface area (Å²) in [4.78, 5) is 25.0. The van der Waals surface area contributed by atoms with Crippen molar-refractivity contribution < 1.29 is 4.79 Å². The molecule has 0 fully saturated rings. The molecule has 1 heterocycles. The van der Waals surface area contributed by atoms with E-state index in [2.05, 4.69) is 15.5 Å². The molecule has 0 aliphatic rings. The minimum Gasteiger partial charge on any atom is -0.307 e. The Morgan fingerprint density at radius 1 is 0.800 bits per heavy atom. The summed E-state index contributed by atoms with van der Waals surface area (Å²) in [6, 6.07) is 17.8. The summed E-state index contributed by atoms with van der Waals surface area (Å²) in [5, 5.41) is 5.45. The van der Waals surface area contributed by atoms with Crippen molar-refractivity contribution in [1.82, 2.24) is 9.55 Å². The highest BCUT2D eigenvalue weighted by Crippen LogP contribution is 2.07. The van der Waals surface area contributed by atoms with Crippen molar-refractivity contribution in [2.75, 3.05) is 5.32 Å². The first kappa shape index (κ1) is 31.4. The fraction of sp³-hybridized carbons (Fsp3) is 0.333. The molecule has 0 saturated heterocycles. The zero-order valence-corrected chi connectivity index (χ0v) is 19.7. The second-order valence-electron chi connectivity index (χ2n) is 4.19. The van der Waals surface area contributed by atoms with Crippen molar-refractivity contribution in [3.63, 3.8) is 0 Å². The van der Waals surface area contributed by atoms with E-state index in [4.69, 9.17) is 0 Å². The molecule has 0 aliphatic carbocycles. The third-order valence-electron chi connectivity index (χ3n) is 2.63. The first-order valence-electron chi connectivity index (χ1n) is 10.5. The SMILES string of the molecule is CC.CC.CC.CC.O=C(Nc1ccccc1)n1ccnc1.O=Nc1ccccc1. The smallest absolute Gasteiger partial charge is 0.307 e. The van der Waals surface area contributed by atoms with Gasteiger partial charge in [-0.2, -0.15) is 0 Å². The van der Waals surface area contributed by atoms with E-state index >= 15 is 0 Å². The van der Waals surface area contributed by atoms with E-state index in [0.29, 0.717) is 5.69 Å². The second kappa shape index (κ2) is 25.7. The number of nitrogens with one attached hydrogen (secondary N) is 1. The van der Waals surface area contributed by atoms with Crippen molar-refractivity contribution in [2.45, 2.75) is 55.4 Å². The van der Waals surface area contributed by atoms with E-state index in [0.717, 1.165) is 5.69 Å². The molecule has 3 aromatic rings. The van der Waals surface area contributed by atoms with Crippen molar-refractivity contribution in [3.05, 3.63) is 84.3 Å².